The number of halogens is 1. The first-order valence-electron chi connectivity index (χ1n) is 9.81. The minimum absolute atomic E-state index is 0.171. The maximum atomic E-state index is 13.6. The number of carbonyl (C=O) groups is 1. The van der Waals surface area contributed by atoms with Gasteiger partial charge in [-0.15, -0.1) is 0 Å². The van der Waals surface area contributed by atoms with Crippen LogP contribution in [0.2, 0.25) is 0 Å². The van der Waals surface area contributed by atoms with Crippen LogP contribution in [0.4, 0.5) is 9.18 Å². The molecule has 0 aliphatic carbocycles. The second kappa shape index (κ2) is 7.21. The van der Waals surface area contributed by atoms with E-state index in [1.165, 1.54) is 33.7 Å². The van der Waals surface area contributed by atoms with Crippen molar-refractivity contribution in [1.82, 2.24) is 9.21 Å². The maximum Gasteiger partial charge on any atom is 0.315 e. The highest BCUT2D eigenvalue weighted by Gasteiger charge is 2.42. The average molecular weight is 441 g/mol. The van der Waals surface area contributed by atoms with Crippen molar-refractivity contribution in [3.8, 4) is 0 Å². The van der Waals surface area contributed by atoms with Crippen LogP contribution in [0, 0.1) is 5.82 Å². The smallest absolute Gasteiger partial charge is 0.315 e. The standard InChI is InChI=1S/C22H20FN3O4S/c23-17-3-1-2-14(8-17)9-20-19-13-25(11-16(19)12-26(20)22(24)27)31(28,29)18-4-5-21-15(10-18)6-7-30-21/h1-8,10,20H,9,11-13H2,(H2,24,27). The van der Waals surface area contributed by atoms with Gasteiger partial charge >= 0.3 is 6.03 Å². The van der Waals surface area contributed by atoms with Crippen molar-refractivity contribution in [3.63, 3.8) is 0 Å². The zero-order chi connectivity index (χ0) is 21.8. The van der Waals surface area contributed by atoms with Crippen LogP contribution >= 0.6 is 0 Å². The number of carbonyl (C=O) groups excluding carboxylic acids is 1. The normalized spacial score (nSPS) is 19.4. The summed E-state index contributed by atoms with van der Waals surface area (Å²) in [6, 6.07) is 11.7. The summed E-state index contributed by atoms with van der Waals surface area (Å²) < 4.78 is 46.9. The van der Waals surface area contributed by atoms with Crippen LogP contribution in [0.15, 0.2) is 75.3 Å². The van der Waals surface area contributed by atoms with E-state index in [0.717, 1.165) is 16.7 Å². The highest BCUT2D eigenvalue weighted by molar-refractivity contribution is 7.89. The van der Waals surface area contributed by atoms with E-state index in [1.54, 1.807) is 30.3 Å². The minimum atomic E-state index is -3.74. The molecule has 3 aromatic rings. The zero-order valence-corrected chi connectivity index (χ0v) is 17.3. The van der Waals surface area contributed by atoms with E-state index in [4.69, 9.17) is 10.2 Å². The molecule has 2 amide bonds. The third-order valence-corrected chi connectivity index (χ3v) is 7.76. The first-order chi connectivity index (χ1) is 14.8. The maximum absolute atomic E-state index is 13.6. The lowest BCUT2D eigenvalue weighted by molar-refractivity contribution is 0.201. The first kappa shape index (κ1) is 19.8. The zero-order valence-electron chi connectivity index (χ0n) is 16.5. The number of fused-ring (bicyclic) bond motifs is 1. The lowest BCUT2D eigenvalue weighted by atomic mass is 9.99. The molecule has 160 valence electrons. The van der Waals surface area contributed by atoms with E-state index < -0.39 is 22.1 Å². The van der Waals surface area contributed by atoms with Gasteiger partial charge in [-0.1, -0.05) is 12.1 Å². The molecule has 0 bridgehead atoms. The number of amides is 2. The van der Waals surface area contributed by atoms with Crippen molar-refractivity contribution < 1.29 is 22.0 Å². The van der Waals surface area contributed by atoms with Gasteiger partial charge in [0.15, 0.2) is 0 Å². The van der Waals surface area contributed by atoms with Crippen LogP contribution in [0.3, 0.4) is 0 Å². The van der Waals surface area contributed by atoms with Crippen LogP contribution in [-0.4, -0.2) is 49.3 Å². The third-order valence-electron chi connectivity index (χ3n) is 5.97. The Labute approximate surface area is 178 Å². The molecule has 2 aliphatic heterocycles. The molecule has 5 rings (SSSR count). The van der Waals surface area contributed by atoms with Crippen LogP contribution in [0.5, 0.6) is 0 Å². The first-order valence-corrected chi connectivity index (χ1v) is 11.3. The average Bonchev–Trinajstić information content (AvgIpc) is 3.43. The number of hydrogen-bond acceptors (Lipinski definition) is 4. The number of primary amides is 1. The number of benzene rings is 2. The van der Waals surface area contributed by atoms with Crippen LogP contribution in [0.1, 0.15) is 5.56 Å². The van der Waals surface area contributed by atoms with Gasteiger partial charge in [0.05, 0.1) is 17.2 Å². The Hall–Kier alpha value is -3.17. The van der Waals surface area contributed by atoms with Gasteiger partial charge in [0.1, 0.15) is 11.4 Å². The number of sulfonamides is 1. The van der Waals surface area contributed by atoms with Crippen molar-refractivity contribution >= 4 is 27.0 Å². The van der Waals surface area contributed by atoms with E-state index in [9.17, 15) is 17.6 Å². The molecule has 9 heteroatoms. The molecular weight excluding hydrogens is 421 g/mol. The number of hydrogen-bond donors (Lipinski definition) is 1. The molecule has 31 heavy (non-hydrogen) atoms. The topological polar surface area (TPSA) is 96.9 Å². The predicted octanol–water partition coefficient (Wildman–Crippen LogP) is 2.88. The summed E-state index contributed by atoms with van der Waals surface area (Å²) in [4.78, 5) is 13.7. The number of urea groups is 1. The summed E-state index contributed by atoms with van der Waals surface area (Å²) in [7, 11) is -3.74. The van der Waals surface area contributed by atoms with Crippen LogP contribution in [-0.2, 0) is 16.4 Å². The molecule has 1 aromatic heterocycles. The number of nitrogens with zero attached hydrogens (tertiary/aromatic N) is 2. The number of rotatable bonds is 4. The Morgan fingerprint density at radius 1 is 1.13 bits per heavy atom. The molecule has 2 aromatic carbocycles. The Morgan fingerprint density at radius 2 is 1.97 bits per heavy atom. The molecule has 0 fully saturated rings. The predicted molar refractivity (Wildman–Crippen MR) is 112 cm³/mol. The van der Waals surface area contributed by atoms with Crippen molar-refractivity contribution in [2.24, 2.45) is 5.73 Å². The summed E-state index contributed by atoms with van der Waals surface area (Å²) in [6.45, 7) is 0.646. The van der Waals surface area contributed by atoms with E-state index in [0.29, 0.717) is 17.4 Å². The summed E-state index contributed by atoms with van der Waals surface area (Å²) in [5.41, 5.74) is 8.64. The Kier molecular flexibility index (Phi) is 4.60. The molecule has 1 unspecified atom stereocenters. The quantitative estimate of drug-likeness (QED) is 0.630. The molecule has 2 aliphatic rings. The molecule has 0 saturated heterocycles. The molecule has 0 saturated carbocycles. The Morgan fingerprint density at radius 3 is 2.74 bits per heavy atom. The molecular formula is C22H20FN3O4S. The molecule has 2 N–H and O–H groups in total. The van der Waals surface area contributed by atoms with E-state index >= 15 is 0 Å². The summed E-state index contributed by atoms with van der Waals surface area (Å²) in [5.74, 6) is -0.361. The lowest BCUT2D eigenvalue weighted by Crippen LogP contribution is -2.45. The summed E-state index contributed by atoms with van der Waals surface area (Å²) >= 11 is 0. The fourth-order valence-electron chi connectivity index (χ4n) is 4.44. The largest absolute Gasteiger partial charge is 0.464 e. The van der Waals surface area contributed by atoms with Crippen molar-refractivity contribution in [2.75, 3.05) is 19.6 Å². The van der Waals surface area contributed by atoms with Crippen molar-refractivity contribution in [3.05, 3.63) is 77.3 Å². The fourth-order valence-corrected chi connectivity index (χ4v) is 5.89. The SMILES string of the molecule is NC(=O)N1CC2=C(CN(S(=O)(=O)c3ccc4occc4c3)C2)C1Cc1cccc(F)c1. The fraction of sp³-hybridized carbons (Fsp3) is 0.227. The van der Waals surface area contributed by atoms with Crippen LogP contribution in [0.25, 0.3) is 11.0 Å². The van der Waals surface area contributed by atoms with Gasteiger partial charge in [0, 0.05) is 25.0 Å². The van der Waals surface area contributed by atoms with Crippen molar-refractivity contribution in [1.29, 1.82) is 0 Å². The van der Waals surface area contributed by atoms with Gasteiger partial charge in [-0.3, -0.25) is 0 Å². The van der Waals surface area contributed by atoms with E-state index in [2.05, 4.69) is 0 Å². The van der Waals surface area contributed by atoms with Crippen LogP contribution < -0.4 is 5.73 Å². The summed E-state index contributed by atoms with van der Waals surface area (Å²) in [6.07, 6.45) is 1.89. The Bertz CT molecular complexity index is 1330. The monoisotopic (exact) mass is 441 g/mol. The second-order valence-electron chi connectivity index (χ2n) is 7.84. The molecule has 0 spiro atoms. The van der Waals surface area contributed by atoms with Crippen molar-refractivity contribution in [2.45, 2.75) is 17.4 Å². The number of nitrogens with two attached hydrogens (primary N) is 1. The Balaban J connectivity index is 1.42. The molecule has 7 nitrogen and oxygen atoms in total. The molecule has 3 heterocycles. The van der Waals surface area contributed by atoms with Gasteiger partial charge in [-0.2, -0.15) is 4.31 Å². The number of furan rings is 1. The van der Waals surface area contributed by atoms with E-state index in [-0.39, 0.29) is 30.3 Å². The lowest BCUT2D eigenvalue weighted by Gasteiger charge is -2.28. The van der Waals surface area contributed by atoms with Gasteiger partial charge in [-0.05, 0) is 59.5 Å². The van der Waals surface area contributed by atoms with Gasteiger partial charge in [-0.25, -0.2) is 17.6 Å². The second-order valence-corrected chi connectivity index (χ2v) is 9.78. The van der Waals surface area contributed by atoms with E-state index in [1.807, 2.05) is 0 Å². The van der Waals surface area contributed by atoms with Gasteiger partial charge in [0.2, 0.25) is 10.0 Å². The molecule has 1 atom stereocenters. The summed E-state index contributed by atoms with van der Waals surface area (Å²) in [5, 5.41) is 0.713. The highest BCUT2D eigenvalue weighted by Crippen LogP contribution is 2.36. The third kappa shape index (κ3) is 3.39. The van der Waals surface area contributed by atoms with Gasteiger partial charge < -0.3 is 15.1 Å². The highest BCUT2D eigenvalue weighted by atomic mass is 32.2. The minimum Gasteiger partial charge on any atom is -0.464 e. The molecule has 0 radical (unpaired) electrons. The van der Waals surface area contributed by atoms with Gasteiger partial charge in [0.25, 0.3) is 0 Å².